The Morgan fingerprint density at radius 3 is 2.46 bits per heavy atom. The van der Waals surface area contributed by atoms with E-state index in [1.165, 1.54) is 32.1 Å². The normalized spacial score (nSPS) is 10.9. The van der Waals surface area contributed by atoms with Gasteiger partial charge in [0, 0.05) is 6.21 Å². The van der Waals surface area contributed by atoms with Crippen molar-refractivity contribution in [3.05, 3.63) is 0 Å². The van der Waals surface area contributed by atoms with E-state index < -0.39 is 0 Å². The van der Waals surface area contributed by atoms with Crippen molar-refractivity contribution in [3.63, 3.8) is 0 Å². The van der Waals surface area contributed by atoms with Gasteiger partial charge in [-0.05, 0) is 25.7 Å². The summed E-state index contributed by atoms with van der Waals surface area (Å²) in [4.78, 5) is 5.10. The Morgan fingerprint density at radius 1 is 1.00 bits per heavy atom. The molecule has 2 heteroatoms. The van der Waals surface area contributed by atoms with E-state index in [4.69, 9.17) is 4.84 Å². The van der Waals surface area contributed by atoms with E-state index in [0.717, 1.165) is 19.4 Å². The molecule has 2 nitrogen and oxygen atoms in total. The van der Waals surface area contributed by atoms with Gasteiger partial charge in [-0.1, -0.05) is 38.3 Å². The predicted molar refractivity (Wildman–Crippen MR) is 58.1 cm³/mol. The van der Waals surface area contributed by atoms with Crippen LogP contribution in [0.25, 0.3) is 0 Å². The number of oxime groups is 1. The van der Waals surface area contributed by atoms with Gasteiger partial charge in [-0.15, -0.1) is 0 Å². The first-order valence-corrected chi connectivity index (χ1v) is 5.55. The molecular weight excluding hydrogens is 162 g/mol. The summed E-state index contributed by atoms with van der Waals surface area (Å²) in [5, 5.41) is 3.88. The van der Waals surface area contributed by atoms with Gasteiger partial charge in [0.05, 0.1) is 0 Å². The van der Waals surface area contributed by atoms with Crippen LogP contribution in [0, 0.1) is 0 Å². The summed E-state index contributed by atoms with van der Waals surface area (Å²) in [6.07, 6.45) is 10.3. The molecule has 0 rings (SSSR count). The second kappa shape index (κ2) is 11.5. The van der Waals surface area contributed by atoms with Crippen LogP contribution in [0.4, 0.5) is 0 Å². The number of hydrogen-bond donors (Lipinski definition) is 0. The molecule has 0 aromatic rings. The Balaban J connectivity index is 2.93. The van der Waals surface area contributed by atoms with Crippen molar-refractivity contribution in [2.24, 2.45) is 5.16 Å². The number of hydrogen-bond acceptors (Lipinski definition) is 2. The van der Waals surface area contributed by atoms with Gasteiger partial charge in [-0.2, -0.15) is 0 Å². The summed E-state index contributed by atoms with van der Waals surface area (Å²) in [5.41, 5.74) is 0. The van der Waals surface area contributed by atoms with Gasteiger partial charge in [0.2, 0.25) is 0 Å². The highest BCUT2D eigenvalue weighted by Crippen LogP contribution is 1.98. The van der Waals surface area contributed by atoms with Gasteiger partial charge in [-0.25, -0.2) is 0 Å². The summed E-state index contributed by atoms with van der Waals surface area (Å²) < 4.78 is 0. The Labute approximate surface area is 82.4 Å². The average Bonchev–Trinajstić information content (AvgIpc) is 2.16. The van der Waals surface area contributed by atoms with Crippen molar-refractivity contribution in [1.29, 1.82) is 0 Å². The topological polar surface area (TPSA) is 21.6 Å². The van der Waals surface area contributed by atoms with E-state index in [-0.39, 0.29) is 0 Å². The Morgan fingerprint density at radius 2 is 1.77 bits per heavy atom. The maximum atomic E-state index is 5.10. The van der Waals surface area contributed by atoms with Crippen LogP contribution in [0.1, 0.15) is 58.8 Å². The standard InChI is InChI=1S/C11H23NO/c1-3-5-7-9-11-13-12-10-8-6-4-2/h10H,3-9,11H2,1-2H3. The lowest BCUT2D eigenvalue weighted by Gasteiger charge is -1.97. The second-order valence-electron chi connectivity index (χ2n) is 3.32. The van der Waals surface area contributed by atoms with Crippen molar-refractivity contribution >= 4 is 6.21 Å². The Kier molecular flexibility index (Phi) is 11.0. The molecule has 0 amide bonds. The van der Waals surface area contributed by atoms with Crippen molar-refractivity contribution in [3.8, 4) is 0 Å². The van der Waals surface area contributed by atoms with Crippen molar-refractivity contribution in [1.82, 2.24) is 0 Å². The second-order valence-corrected chi connectivity index (χ2v) is 3.32. The van der Waals surface area contributed by atoms with E-state index in [1.54, 1.807) is 0 Å². The molecule has 0 unspecified atom stereocenters. The maximum absolute atomic E-state index is 5.10. The van der Waals surface area contributed by atoms with Gasteiger partial charge in [0.15, 0.2) is 0 Å². The van der Waals surface area contributed by atoms with E-state index in [0.29, 0.717) is 0 Å². The van der Waals surface area contributed by atoms with Crippen molar-refractivity contribution in [2.75, 3.05) is 6.61 Å². The first-order valence-electron chi connectivity index (χ1n) is 5.55. The fourth-order valence-corrected chi connectivity index (χ4v) is 1.05. The van der Waals surface area contributed by atoms with E-state index in [1.807, 2.05) is 6.21 Å². The summed E-state index contributed by atoms with van der Waals surface area (Å²) in [6.45, 7) is 5.17. The van der Waals surface area contributed by atoms with Crippen LogP contribution >= 0.6 is 0 Å². The fraction of sp³-hybridized carbons (Fsp3) is 0.909. The molecule has 0 N–H and O–H groups in total. The van der Waals surface area contributed by atoms with Crippen LogP contribution in [0.2, 0.25) is 0 Å². The fourth-order valence-electron chi connectivity index (χ4n) is 1.05. The summed E-state index contributed by atoms with van der Waals surface area (Å²) in [7, 11) is 0. The highest BCUT2D eigenvalue weighted by molar-refractivity contribution is 5.55. The summed E-state index contributed by atoms with van der Waals surface area (Å²) in [6, 6.07) is 0. The quantitative estimate of drug-likeness (QED) is 0.304. The Hall–Kier alpha value is -0.530. The molecule has 0 atom stereocenters. The molecule has 0 spiro atoms. The van der Waals surface area contributed by atoms with Crippen LogP contribution in [0.3, 0.4) is 0 Å². The van der Waals surface area contributed by atoms with Crippen LogP contribution < -0.4 is 0 Å². The third-order valence-corrected chi connectivity index (χ3v) is 1.93. The van der Waals surface area contributed by atoms with E-state index >= 15 is 0 Å². The predicted octanol–water partition coefficient (Wildman–Crippen LogP) is 3.76. The summed E-state index contributed by atoms with van der Waals surface area (Å²) >= 11 is 0. The van der Waals surface area contributed by atoms with Gasteiger partial charge in [-0.3, -0.25) is 0 Å². The highest BCUT2D eigenvalue weighted by atomic mass is 16.6. The molecule has 78 valence electrons. The lowest BCUT2D eigenvalue weighted by Crippen LogP contribution is -1.88. The van der Waals surface area contributed by atoms with Gasteiger partial charge in [0.25, 0.3) is 0 Å². The third kappa shape index (κ3) is 11.5. The van der Waals surface area contributed by atoms with Crippen LogP contribution in [0.15, 0.2) is 5.16 Å². The van der Waals surface area contributed by atoms with Gasteiger partial charge >= 0.3 is 0 Å². The van der Waals surface area contributed by atoms with Crippen LogP contribution in [0.5, 0.6) is 0 Å². The third-order valence-electron chi connectivity index (χ3n) is 1.93. The maximum Gasteiger partial charge on any atom is 0.117 e. The molecule has 0 aromatic carbocycles. The zero-order valence-electron chi connectivity index (χ0n) is 9.09. The molecule has 0 radical (unpaired) electrons. The average molecular weight is 185 g/mol. The molecule has 0 aliphatic carbocycles. The van der Waals surface area contributed by atoms with Gasteiger partial charge in [0.1, 0.15) is 6.61 Å². The molecule has 0 bridgehead atoms. The number of unbranched alkanes of at least 4 members (excludes halogenated alkanes) is 5. The molecule has 0 fully saturated rings. The first kappa shape index (κ1) is 12.5. The van der Waals surface area contributed by atoms with Crippen LogP contribution in [-0.4, -0.2) is 12.8 Å². The smallest absolute Gasteiger partial charge is 0.117 e. The molecule has 13 heavy (non-hydrogen) atoms. The lowest BCUT2D eigenvalue weighted by molar-refractivity contribution is 0.140. The zero-order chi connectivity index (χ0) is 9.78. The van der Waals surface area contributed by atoms with Crippen LogP contribution in [-0.2, 0) is 4.84 Å². The van der Waals surface area contributed by atoms with Gasteiger partial charge < -0.3 is 4.84 Å². The molecule has 0 aromatic heterocycles. The van der Waals surface area contributed by atoms with Crippen molar-refractivity contribution < 1.29 is 4.84 Å². The number of nitrogens with zero attached hydrogens (tertiary/aromatic N) is 1. The highest BCUT2D eigenvalue weighted by Gasteiger charge is 1.86. The molecule has 0 heterocycles. The molecule has 0 saturated carbocycles. The Bertz CT molecular complexity index is 113. The number of rotatable bonds is 9. The monoisotopic (exact) mass is 185 g/mol. The van der Waals surface area contributed by atoms with Crippen molar-refractivity contribution in [2.45, 2.75) is 58.8 Å². The molecule has 0 aliphatic rings. The zero-order valence-corrected chi connectivity index (χ0v) is 9.09. The molecule has 0 saturated heterocycles. The molecule has 0 aliphatic heterocycles. The lowest BCUT2D eigenvalue weighted by atomic mass is 10.2. The van der Waals surface area contributed by atoms with E-state index in [2.05, 4.69) is 19.0 Å². The first-order chi connectivity index (χ1) is 6.41. The molecular formula is C11H23NO. The van der Waals surface area contributed by atoms with E-state index in [9.17, 15) is 0 Å². The minimum atomic E-state index is 0.780. The largest absolute Gasteiger partial charge is 0.396 e. The SMILES string of the molecule is CCCCC=NOCCCCCC. The minimum absolute atomic E-state index is 0.780. The minimum Gasteiger partial charge on any atom is -0.396 e. The summed E-state index contributed by atoms with van der Waals surface area (Å²) in [5.74, 6) is 0.